The van der Waals surface area contributed by atoms with Gasteiger partial charge in [0, 0.05) is 22.2 Å². The predicted octanol–water partition coefficient (Wildman–Crippen LogP) is 7.05. The highest BCUT2D eigenvalue weighted by atomic mass is 35.5. The molecule has 0 amide bonds. The number of aromatic nitrogens is 2. The van der Waals surface area contributed by atoms with Gasteiger partial charge >= 0.3 is 5.63 Å². The van der Waals surface area contributed by atoms with Crippen molar-refractivity contribution in [2.75, 3.05) is 5.43 Å². The molecular weight excluding hydrogens is 495 g/mol. The number of nitrogens with zero attached hydrogens (tertiary/aromatic N) is 3. The van der Waals surface area contributed by atoms with Crippen molar-refractivity contribution >= 4 is 57.7 Å². The quantitative estimate of drug-likeness (QED) is 0.156. The molecule has 5 rings (SSSR count). The predicted molar refractivity (Wildman–Crippen MR) is 138 cm³/mol. The van der Waals surface area contributed by atoms with Crippen LogP contribution in [0.5, 0.6) is 0 Å². The van der Waals surface area contributed by atoms with Crippen molar-refractivity contribution in [2.24, 2.45) is 5.10 Å². The molecule has 34 heavy (non-hydrogen) atoms. The maximum atomic E-state index is 12.8. The van der Waals surface area contributed by atoms with E-state index in [4.69, 9.17) is 39.2 Å². The van der Waals surface area contributed by atoms with E-state index in [0.717, 1.165) is 11.1 Å². The fourth-order valence-electron chi connectivity index (χ4n) is 3.45. The highest BCUT2D eigenvalue weighted by molar-refractivity contribution is 6.41. The molecule has 0 atom stereocenters. The molecule has 2 heterocycles. The number of anilines is 1. The van der Waals surface area contributed by atoms with Crippen LogP contribution < -0.4 is 11.1 Å². The van der Waals surface area contributed by atoms with Gasteiger partial charge in [0.2, 0.25) is 0 Å². The van der Waals surface area contributed by atoms with Gasteiger partial charge in [-0.15, -0.1) is 0 Å². The summed E-state index contributed by atoms with van der Waals surface area (Å²) in [7, 11) is 0. The van der Waals surface area contributed by atoms with Crippen molar-refractivity contribution in [3.63, 3.8) is 0 Å². The lowest BCUT2D eigenvalue weighted by atomic mass is 10.1. The van der Waals surface area contributed by atoms with Crippen molar-refractivity contribution in [3.05, 3.63) is 110 Å². The first kappa shape index (κ1) is 22.2. The smallest absolute Gasteiger partial charge is 0.345 e. The number of hydrogen-bond acceptors (Lipinski definition) is 5. The number of benzene rings is 3. The Morgan fingerprint density at radius 3 is 2.41 bits per heavy atom. The van der Waals surface area contributed by atoms with Crippen molar-refractivity contribution in [1.29, 1.82) is 0 Å². The Labute approximate surface area is 209 Å². The summed E-state index contributed by atoms with van der Waals surface area (Å²) in [6.45, 7) is 0. The summed E-state index contributed by atoms with van der Waals surface area (Å²) >= 11 is 18.4. The molecule has 0 unspecified atom stereocenters. The molecule has 0 aliphatic carbocycles. The van der Waals surface area contributed by atoms with Crippen molar-refractivity contribution in [2.45, 2.75) is 0 Å². The van der Waals surface area contributed by atoms with E-state index >= 15 is 0 Å². The first-order valence-corrected chi connectivity index (χ1v) is 11.2. The highest BCUT2D eigenvalue weighted by Gasteiger charge is 2.17. The van der Waals surface area contributed by atoms with E-state index in [1.807, 2.05) is 48.5 Å². The molecule has 0 fully saturated rings. The number of fused-ring (bicyclic) bond motifs is 1. The Balaban J connectivity index is 1.59. The van der Waals surface area contributed by atoms with Crippen LogP contribution in [0.15, 0.2) is 93.3 Å². The molecule has 2 aromatic heterocycles. The number of hydrazone groups is 1. The van der Waals surface area contributed by atoms with E-state index in [-0.39, 0.29) is 0 Å². The molecule has 0 spiro atoms. The van der Waals surface area contributed by atoms with E-state index in [0.29, 0.717) is 43.2 Å². The Kier molecular flexibility index (Phi) is 6.11. The Bertz CT molecular complexity index is 1570. The highest BCUT2D eigenvalue weighted by Crippen LogP contribution is 2.33. The zero-order chi connectivity index (χ0) is 23.7. The van der Waals surface area contributed by atoms with Crippen LogP contribution in [-0.2, 0) is 0 Å². The third-order valence-electron chi connectivity index (χ3n) is 5.05. The Morgan fingerprint density at radius 2 is 1.65 bits per heavy atom. The van der Waals surface area contributed by atoms with Crippen molar-refractivity contribution < 1.29 is 4.42 Å². The van der Waals surface area contributed by atoms with E-state index in [2.05, 4.69) is 15.6 Å². The molecule has 0 radical (unpaired) electrons. The average Bonchev–Trinajstić information content (AvgIpc) is 3.24. The van der Waals surface area contributed by atoms with Gasteiger partial charge in [-0.3, -0.25) is 5.43 Å². The second-order valence-corrected chi connectivity index (χ2v) is 8.56. The number of para-hydroxylation sites is 2. The van der Waals surface area contributed by atoms with Crippen molar-refractivity contribution in [1.82, 2.24) is 9.78 Å². The summed E-state index contributed by atoms with van der Waals surface area (Å²) < 4.78 is 7.20. The second kappa shape index (κ2) is 9.35. The van der Waals surface area contributed by atoms with E-state index in [9.17, 15) is 4.79 Å². The lowest BCUT2D eigenvalue weighted by Gasteiger charge is -2.06. The summed E-state index contributed by atoms with van der Waals surface area (Å²) in [4.78, 5) is 12.8. The molecule has 3 aromatic carbocycles. The summed E-state index contributed by atoms with van der Waals surface area (Å²) in [6.07, 6.45) is 3.31. The van der Waals surface area contributed by atoms with Gasteiger partial charge in [0.05, 0.1) is 33.2 Å². The number of nitrogens with one attached hydrogen (secondary N) is 1. The number of rotatable bonds is 5. The molecule has 0 saturated carbocycles. The van der Waals surface area contributed by atoms with Gasteiger partial charge in [-0.25, -0.2) is 9.48 Å². The Morgan fingerprint density at radius 1 is 0.941 bits per heavy atom. The summed E-state index contributed by atoms with van der Waals surface area (Å²) in [5, 5.41) is 10.8. The van der Waals surface area contributed by atoms with Crippen LogP contribution >= 0.6 is 34.8 Å². The second-order valence-electron chi connectivity index (χ2n) is 7.31. The molecule has 5 aromatic rings. The van der Waals surface area contributed by atoms with Gasteiger partial charge < -0.3 is 4.42 Å². The summed E-state index contributed by atoms with van der Waals surface area (Å²) in [5.41, 5.74) is 5.39. The van der Waals surface area contributed by atoms with Gasteiger partial charge in [0.25, 0.3) is 0 Å². The molecule has 168 valence electrons. The minimum absolute atomic E-state index is 0.317. The van der Waals surface area contributed by atoms with Crippen LogP contribution in [0.25, 0.3) is 27.9 Å². The molecule has 6 nitrogen and oxygen atoms in total. The standard InChI is InChI=1S/C25H15Cl3N4O2/c26-17-11-20(27)24(21(28)12-17)30-29-13-16-14-32(18-7-2-1-3-8-18)31-23(16)19-10-15-6-4-5-9-22(15)34-25(19)33/h1-14,30H/b29-13+. The first-order chi connectivity index (χ1) is 16.5. The average molecular weight is 510 g/mol. The molecule has 9 heteroatoms. The SMILES string of the molecule is O=c1oc2ccccc2cc1-c1nn(-c2ccccc2)cc1/C=N/Nc1c(Cl)cc(Cl)cc1Cl. The lowest BCUT2D eigenvalue weighted by Crippen LogP contribution is -2.05. The van der Waals surface area contributed by atoms with Crippen LogP contribution in [0.4, 0.5) is 5.69 Å². The third kappa shape index (κ3) is 4.43. The van der Waals surface area contributed by atoms with E-state index < -0.39 is 5.63 Å². The van der Waals surface area contributed by atoms with Crippen LogP contribution in [0.3, 0.4) is 0 Å². The largest absolute Gasteiger partial charge is 0.422 e. The molecule has 0 aliphatic rings. The number of hydrogen-bond donors (Lipinski definition) is 1. The van der Waals surface area contributed by atoms with Gasteiger partial charge in [-0.05, 0) is 36.4 Å². The minimum atomic E-state index is -0.497. The van der Waals surface area contributed by atoms with Crippen LogP contribution in [0, 0.1) is 0 Å². The Hall–Kier alpha value is -3.58. The summed E-state index contributed by atoms with van der Waals surface area (Å²) in [6, 6.07) is 21.7. The van der Waals surface area contributed by atoms with E-state index in [1.165, 1.54) is 6.21 Å². The van der Waals surface area contributed by atoms with Gasteiger partial charge in [0.15, 0.2) is 0 Å². The minimum Gasteiger partial charge on any atom is -0.422 e. The first-order valence-electron chi connectivity index (χ1n) is 10.1. The van der Waals surface area contributed by atoms with Crippen LogP contribution in [0.2, 0.25) is 15.1 Å². The normalized spacial score (nSPS) is 11.4. The number of halogens is 3. The zero-order valence-electron chi connectivity index (χ0n) is 17.4. The zero-order valence-corrected chi connectivity index (χ0v) is 19.6. The van der Waals surface area contributed by atoms with E-state index in [1.54, 1.807) is 35.1 Å². The fraction of sp³-hybridized carbons (Fsp3) is 0. The molecule has 0 saturated heterocycles. The molecule has 1 N–H and O–H groups in total. The topological polar surface area (TPSA) is 72.4 Å². The van der Waals surface area contributed by atoms with Crippen LogP contribution in [-0.4, -0.2) is 16.0 Å². The van der Waals surface area contributed by atoms with Crippen LogP contribution in [0.1, 0.15) is 5.56 Å². The van der Waals surface area contributed by atoms with Gasteiger partial charge in [0.1, 0.15) is 11.3 Å². The third-order valence-corrected chi connectivity index (χ3v) is 5.86. The van der Waals surface area contributed by atoms with Crippen molar-refractivity contribution in [3.8, 4) is 16.9 Å². The lowest BCUT2D eigenvalue weighted by molar-refractivity contribution is 0.563. The van der Waals surface area contributed by atoms with Gasteiger partial charge in [-0.2, -0.15) is 10.2 Å². The van der Waals surface area contributed by atoms with Gasteiger partial charge in [-0.1, -0.05) is 71.2 Å². The maximum absolute atomic E-state index is 12.8. The monoisotopic (exact) mass is 508 g/mol. The summed E-state index contributed by atoms with van der Waals surface area (Å²) in [5.74, 6) is 0. The molecular formula is C25H15Cl3N4O2. The molecule has 0 aliphatic heterocycles. The fourth-order valence-corrected chi connectivity index (χ4v) is 4.35. The molecule has 0 bridgehead atoms. The maximum Gasteiger partial charge on any atom is 0.345 e.